The zero-order valence-corrected chi connectivity index (χ0v) is 8.72. The van der Waals surface area contributed by atoms with Crippen LogP contribution in [0.1, 0.15) is 18.4 Å². The molecule has 0 bridgehead atoms. The van der Waals surface area contributed by atoms with Crippen molar-refractivity contribution in [2.75, 3.05) is 7.05 Å². The summed E-state index contributed by atoms with van der Waals surface area (Å²) < 4.78 is 34.4. The molecule has 1 fully saturated rings. The Bertz CT molecular complexity index is 444. The van der Waals surface area contributed by atoms with Crippen LogP contribution in [0.3, 0.4) is 0 Å². The molecular weight excluding hydrogens is 216 g/mol. The molecule has 0 radical (unpaired) electrons. The summed E-state index contributed by atoms with van der Waals surface area (Å²) in [5, 5.41) is 3.20. The summed E-state index contributed by atoms with van der Waals surface area (Å²) >= 11 is 0. The van der Waals surface area contributed by atoms with Crippen LogP contribution in [-0.2, 0) is 5.54 Å². The van der Waals surface area contributed by atoms with E-state index in [1.165, 1.54) is 6.07 Å². The van der Waals surface area contributed by atoms with E-state index >= 15 is 0 Å². The van der Waals surface area contributed by atoms with Crippen LogP contribution in [0, 0.1) is 0 Å². The van der Waals surface area contributed by atoms with Gasteiger partial charge in [-0.05, 0) is 37.6 Å². The molecule has 0 atom stereocenters. The van der Waals surface area contributed by atoms with Crippen LogP contribution in [0.4, 0.5) is 8.78 Å². The monoisotopic (exact) mass is 227 g/mol. The Labute approximate surface area is 91.4 Å². The Kier molecular flexibility index (Phi) is 1.75. The van der Waals surface area contributed by atoms with Gasteiger partial charge in [0.05, 0.1) is 0 Å². The van der Waals surface area contributed by atoms with Crippen molar-refractivity contribution >= 4 is 0 Å². The maximum atomic E-state index is 12.8. The summed E-state index contributed by atoms with van der Waals surface area (Å²) in [4.78, 5) is 0. The summed E-state index contributed by atoms with van der Waals surface area (Å²) in [6.45, 7) is 0. The van der Waals surface area contributed by atoms with Crippen LogP contribution in [0.15, 0.2) is 18.2 Å². The number of fused-ring (bicyclic) bond motifs is 1. The van der Waals surface area contributed by atoms with E-state index in [0.717, 1.165) is 18.4 Å². The molecule has 0 saturated heterocycles. The maximum Gasteiger partial charge on any atom is 0.586 e. The van der Waals surface area contributed by atoms with Crippen molar-refractivity contribution in [1.82, 2.24) is 5.32 Å². The Hall–Kier alpha value is -1.36. The molecule has 0 unspecified atom stereocenters. The third-order valence-corrected chi connectivity index (χ3v) is 3.18. The number of alkyl halides is 2. The third kappa shape index (κ3) is 1.35. The van der Waals surface area contributed by atoms with Gasteiger partial charge in [0.25, 0.3) is 0 Å². The lowest BCUT2D eigenvalue weighted by Crippen LogP contribution is -2.26. The molecule has 1 aliphatic carbocycles. The number of halogens is 2. The molecule has 1 N–H and O–H groups in total. The van der Waals surface area contributed by atoms with Gasteiger partial charge in [0.1, 0.15) is 0 Å². The fourth-order valence-corrected chi connectivity index (χ4v) is 2.05. The summed E-state index contributed by atoms with van der Waals surface area (Å²) in [6.07, 6.45) is -1.50. The molecule has 86 valence electrons. The lowest BCUT2D eigenvalue weighted by atomic mass is 10.0. The minimum absolute atomic E-state index is 0.0593. The molecule has 1 heterocycles. The van der Waals surface area contributed by atoms with Crippen molar-refractivity contribution in [3.05, 3.63) is 23.8 Å². The summed E-state index contributed by atoms with van der Waals surface area (Å²) in [5.74, 6) is 0.213. The van der Waals surface area contributed by atoms with Gasteiger partial charge in [-0.3, -0.25) is 0 Å². The third-order valence-electron chi connectivity index (χ3n) is 3.18. The van der Waals surface area contributed by atoms with Crippen LogP contribution < -0.4 is 14.8 Å². The number of benzene rings is 1. The van der Waals surface area contributed by atoms with Crippen molar-refractivity contribution in [1.29, 1.82) is 0 Å². The lowest BCUT2D eigenvalue weighted by Gasteiger charge is -2.14. The highest BCUT2D eigenvalue weighted by Crippen LogP contribution is 2.49. The summed E-state index contributed by atoms with van der Waals surface area (Å²) in [7, 11) is 1.87. The highest BCUT2D eigenvalue weighted by Gasteiger charge is 2.46. The van der Waals surface area contributed by atoms with Gasteiger partial charge >= 0.3 is 6.29 Å². The van der Waals surface area contributed by atoms with E-state index in [1.807, 2.05) is 7.05 Å². The normalized spacial score (nSPS) is 23.2. The van der Waals surface area contributed by atoms with E-state index < -0.39 is 6.29 Å². The predicted octanol–water partition coefficient (Wildman–Crippen LogP) is 2.22. The molecule has 0 amide bonds. The molecule has 1 aromatic rings. The smallest absolute Gasteiger partial charge is 0.395 e. The van der Waals surface area contributed by atoms with Gasteiger partial charge in [-0.1, -0.05) is 6.07 Å². The topological polar surface area (TPSA) is 30.5 Å². The SMILES string of the molecule is CNC1(c2ccc3c(c2)OC(F)(F)O3)CC1. The van der Waals surface area contributed by atoms with Crippen molar-refractivity contribution in [3.8, 4) is 11.5 Å². The van der Waals surface area contributed by atoms with Gasteiger partial charge in [-0.2, -0.15) is 0 Å². The Morgan fingerprint density at radius 2 is 1.88 bits per heavy atom. The molecule has 16 heavy (non-hydrogen) atoms. The van der Waals surface area contributed by atoms with Crippen molar-refractivity contribution in [2.45, 2.75) is 24.7 Å². The molecule has 2 aliphatic rings. The molecule has 0 aromatic heterocycles. The van der Waals surface area contributed by atoms with Crippen LogP contribution in [0.25, 0.3) is 0 Å². The van der Waals surface area contributed by atoms with Crippen LogP contribution >= 0.6 is 0 Å². The largest absolute Gasteiger partial charge is 0.586 e. The second-order valence-corrected chi connectivity index (χ2v) is 4.16. The molecule has 1 aliphatic heterocycles. The average Bonchev–Trinajstić information content (AvgIpc) is 2.95. The van der Waals surface area contributed by atoms with Crippen molar-refractivity contribution in [3.63, 3.8) is 0 Å². The number of hydrogen-bond donors (Lipinski definition) is 1. The van der Waals surface area contributed by atoms with E-state index in [2.05, 4.69) is 14.8 Å². The first-order chi connectivity index (χ1) is 7.55. The minimum atomic E-state index is -3.53. The first-order valence-corrected chi connectivity index (χ1v) is 5.14. The first kappa shape index (κ1) is 9.84. The predicted molar refractivity (Wildman–Crippen MR) is 52.6 cm³/mol. The van der Waals surface area contributed by atoms with Gasteiger partial charge in [-0.15, -0.1) is 8.78 Å². The molecule has 1 saturated carbocycles. The lowest BCUT2D eigenvalue weighted by molar-refractivity contribution is -0.286. The number of ether oxygens (including phenoxy) is 2. The fraction of sp³-hybridized carbons (Fsp3) is 0.455. The first-order valence-electron chi connectivity index (χ1n) is 5.14. The molecule has 1 aromatic carbocycles. The van der Waals surface area contributed by atoms with E-state index in [0.29, 0.717) is 0 Å². The standard InChI is InChI=1S/C11H11F2NO2/c1-14-10(4-5-10)7-2-3-8-9(6-7)16-11(12,13)15-8/h2-3,6,14H,4-5H2,1H3. The van der Waals surface area contributed by atoms with Gasteiger partial charge in [0.2, 0.25) is 0 Å². The number of nitrogens with one attached hydrogen (secondary N) is 1. The van der Waals surface area contributed by atoms with E-state index in [-0.39, 0.29) is 17.0 Å². The van der Waals surface area contributed by atoms with E-state index in [4.69, 9.17) is 0 Å². The highest BCUT2D eigenvalue weighted by atomic mass is 19.3. The van der Waals surface area contributed by atoms with Crippen LogP contribution in [0.2, 0.25) is 0 Å². The number of hydrogen-bond acceptors (Lipinski definition) is 3. The van der Waals surface area contributed by atoms with Gasteiger partial charge < -0.3 is 14.8 Å². The highest BCUT2D eigenvalue weighted by molar-refractivity contribution is 5.48. The van der Waals surface area contributed by atoms with E-state index in [9.17, 15) is 8.78 Å². The van der Waals surface area contributed by atoms with Gasteiger partial charge in [0.15, 0.2) is 11.5 Å². The minimum Gasteiger partial charge on any atom is -0.395 e. The van der Waals surface area contributed by atoms with Crippen molar-refractivity contribution < 1.29 is 18.3 Å². The second kappa shape index (κ2) is 2.85. The Morgan fingerprint density at radius 3 is 2.50 bits per heavy atom. The number of rotatable bonds is 2. The zero-order chi connectivity index (χ0) is 11.4. The Morgan fingerprint density at radius 1 is 1.19 bits per heavy atom. The molecule has 3 nitrogen and oxygen atoms in total. The Balaban J connectivity index is 1.97. The van der Waals surface area contributed by atoms with Gasteiger partial charge in [0, 0.05) is 5.54 Å². The van der Waals surface area contributed by atoms with E-state index in [1.54, 1.807) is 12.1 Å². The molecule has 3 rings (SSSR count). The van der Waals surface area contributed by atoms with Gasteiger partial charge in [-0.25, -0.2) is 0 Å². The maximum absolute atomic E-state index is 12.8. The van der Waals surface area contributed by atoms with Crippen LogP contribution in [0.5, 0.6) is 11.5 Å². The summed E-state index contributed by atoms with van der Waals surface area (Å²) in [5.41, 5.74) is 0.908. The molecular formula is C11H11F2NO2. The fourth-order valence-electron chi connectivity index (χ4n) is 2.05. The van der Waals surface area contributed by atoms with Crippen molar-refractivity contribution in [2.24, 2.45) is 0 Å². The van der Waals surface area contributed by atoms with Crippen LogP contribution in [-0.4, -0.2) is 13.3 Å². The average molecular weight is 227 g/mol. The summed E-state index contributed by atoms with van der Waals surface area (Å²) in [6, 6.07) is 4.95. The second-order valence-electron chi connectivity index (χ2n) is 4.16. The quantitative estimate of drug-likeness (QED) is 0.840. The zero-order valence-electron chi connectivity index (χ0n) is 8.72. The molecule has 0 spiro atoms. The molecule has 5 heteroatoms.